The summed E-state index contributed by atoms with van der Waals surface area (Å²) in [7, 11) is 1.61. The summed E-state index contributed by atoms with van der Waals surface area (Å²) in [6.45, 7) is -0.00209. The fraction of sp³-hybridized carbons (Fsp3) is 0.333. The van der Waals surface area contributed by atoms with Crippen molar-refractivity contribution in [3.63, 3.8) is 0 Å². The van der Waals surface area contributed by atoms with E-state index in [2.05, 4.69) is 5.32 Å². The molecule has 9 heteroatoms. The molecule has 0 saturated carbocycles. The van der Waals surface area contributed by atoms with Gasteiger partial charge in [0.2, 0.25) is 11.8 Å². The Balaban J connectivity index is 1.90. The average molecular weight is 381 g/mol. The molecule has 0 bridgehead atoms. The van der Waals surface area contributed by atoms with Crippen LogP contribution >= 0.6 is 0 Å². The number of benzene rings is 1. The van der Waals surface area contributed by atoms with Crippen LogP contribution in [0.1, 0.15) is 12.2 Å². The second-order valence-corrected chi connectivity index (χ2v) is 6.34. The maximum absolute atomic E-state index is 13.6. The van der Waals surface area contributed by atoms with E-state index in [-0.39, 0.29) is 24.5 Å². The Labute approximate surface area is 153 Å². The van der Waals surface area contributed by atoms with Crippen molar-refractivity contribution in [3.05, 3.63) is 48.4 Å². The molecule has 0 radical (unpaired) electrons. The van der Waals surface area contributed by atoms with Gasteiger partial charge in [0.1, 0.15) is 11.8 Å². The summed E-state index contributed by atoms with van der Waals surface area (Å²) in [4.78, 5) is 27.0. The number of anilines is 2. The lowest BCUT2D eigenvalue weighted by Crippen LogP contribution is -2.52. The van der Waals surface area contributed by atoms with Gasteiger partial charge >= 0.3 is 6.18 Å². The Bertz CT molecular complexity index is 821. The number of rotatable bonds is 4. The number of likely N-dealkylation sites (N-methyl/N-ethyl adjacent to an activating group) is 1. The van der Waals surface area contributed by atoms with Gasteiger partial charge in [0.25, 0.3) is 0 Å². The second-order valence-electron chi connectivity index (χ2n) is 6.34. The van der Waals surface area contributed by atoms with Crippen LogP contribution < -0.4 is 10.2 Å². The molecule has 1 atom stereocenters. The number of amides is 2. The van der Waals surface area contributed by atoms with Gasteiger partial charge in [-0.25, -0.2) is 0 Å². The molecule has 6 nitrogen and oxygen atoms in total. The Morgan fingerprint density at radius 3 is 2.70 bits per heavy atom. The predicted octanol–water partition coefficient (Wildman–Crippen LogP) is 3.02. The first-order valence-corrected chi connectivity index (χ1v) is 8.24. The number of para-hydroxylation sites is 2. The van der Waals surface area contributed by atoms with Crippen molar-refractivity contribution in [2.75, 3.05) is 23.8 Å². The van der Waals surface area contributed by atoms with E-state index < -0.39 is 30.5 Å². The van der Waals surface area contributed by atoms with E-state index in [1.807, 2.05) is 0 Å². The van der Waals surface area contributed by atoms with Crippen molar-refractivity contribution < 1.29 is 27.2 Å². The van der Waals surface area contributed by atoms with Gasteiger partial charge in [-0.2, -0.15) is 13.2 Å². The highest BCUT2D eigenvalue weighted by Crippen LogP contribution is 2.37. The molecule has 0 aliphatic carbocycles. The van der Waals surface area contributed by atoms with Crippen molar-refractivity contribution in [1.29, 1.82) is 0 Å². The lowest BCUT2D eigenvalue weighted by atomic mass is 10.1. The fourth-order valence-electron chi connectivity index (χ4n) is 3.03. The number of carbonyl (C=O) groups excluding carboxylic acids is 2. The van der Waals surface area contributed by atoms with Crippen LogP contribution in [0.25, 0.3) is 0 Å². The van der Waals surface area contributed by atoms with Crippen LogP contribution in [0.15, 0.2) is 47.1 Å². The number of fused-ring (bicyclic) bond motifs is 1. The zero-order valence-electron chi connectivity index (χ0n) is 14.5. The van der Waals surface area contributed by atoms with Gasteiger partial charge in [0, 0.05) is 0 Å². The Kier molecular flexibility index (Phi) is 5.22. The van der Waals surface area contributed by atoms with E-state index in [0.717, 1.165) is 0 Å². The minimum Gasteiger partial charge on any atom is -0.468 e. The molecule has 3 rings (SSSR count). The minimum atomic E-state index is -4.75. The van der Waals surface area contributed by atoms with Gasteiger partial charge in [0.15, 0.2) is 0 Å². The summed E-state index contributed by atoms with van der Waals surface area (Å²) in [5.74, 6) is -0.954. The maximum Gasteiger partial charge on any atom is 0.409 e. The number of nitrogens with one attached hydrogen (secondary N) is 1. The molecule has 0 spiro atoms. The van der Waals surface area contributed by atoms with Gasteiger partial charge in [-0.3, -0.25) is 19.4 Å². The highest BCUT2D eigenvalue weighted by Gasteiger charge is 2.49. The van der Waals surface area contributed by atoms with Crippen LogP contribution in [-0.4, -0.2) is 42.5 Å². The van der Waals surface area contributed by atoms with E-state index in [0.29, 0.717) is 10.7 Å². The van der Waals surface area contributed by atoms with Gasteiger partial charge in [0.05, 0.1) is 37.1 Å². The molecule has 1 aromatic heterocycles. The fourth-order valence-corrected chi connectivity index (χ4v) is 3.03. The molecule has 2 aromatic rings. The van der Waals surface area contributed by atoms with Crippen molar-refractivity contribution in [1.82, 2.24) is 4.90 Å². The number of hydrogen-bond donors (Lipinski definition) is 1. The largest absolute Gasteiger partial charge is 0.468 e. The molecule has 1 aliphatic heterocycles. The molecule has 1 N–H and O–H groups in total. The van der Waals surface area contributed by atoms with Crippen LogP contribution in [0.2, 0.25) is 0 Å². The van der Waals surface area contributed by atoms with Crippen molar-refractivity contribution in [3.8, 4) is 0 Å². The summed E-state index contributed by atoms with van der Waals surface area (Å²) >= 11 is 0. The smallest absolute Gasteiger partial charge is 0.409 e. The first-order chi connectivity index (χ1) is 12.8. The molecular formula is C18H18F3N3O3. The van der Waals surface area contributed by atoms with Gasteiger partial charge in [-0.15, -0.1) is 0 Å². The summed E-state index contributed by atoms with van der Waals surface area (Å²) in [5.41, 5.74) is 0.207. The second kappa shape index (κ2) is 7.43. The van der Waals surface area contributed by atoms with E-state index in [9.17, 15) is 22.8 Å². The van der Waals surface area contributed by atoms with E-state index in [1.165, 1.54) is 24.5 Å². The van der Waals surface area contributed by atoms with Crippen molar-refractivity contribution in [2.45, 2.75) is 25.2 Å². The molecule has 1 aliphatic rings. The average Bonchev–Trinajstić information content (AvgIpc) is 3.01. The first-order valence-electron chi connectivity index (χ1n) is 8.24. The summed E-state index contributed by atoms with van der Waals surface area (Å²) in [6, 6.07) is 7.14. The molecule has 27 heavy (non-hydrogen) atoms. The lowest BCUT2D eigenvalue weighted by Gasteiger charge is -2.32. The van der Waals surface area contributed by atoms with Crippen LogP contribution in [-0.2, 0) is 16.1 Å². The van der Waals surface area contributed by atoms with Gasteiger partial charge in [-0.05, 0) is 31.3 Å². The summed E-state index contributed by atoms with van der Waals surface area (Å²) in [6.07, 6.45) is -4.12. The predicted molar refractivity (Wildman–Crippen MR) is 92.1 cm³/mol. The number of alkyl halides is 3. The maximum atomic E-state index is 13.6. The van der Waals surface area contributed by atoms with Crippen LogP contribution in [0, 0.1) is 0 Å². The molecule has 144 valence electrons. The quantitative estimate of drug-likeness (QED) is 0.884. The van der Waals surface area contributed by atoms with E-state index >= 15 is 0 Å². The van der Waals surface area contributed by atoms with Crippen LogP contribution in [0.4, 0.5) is 24.5 Å². The van der Waals surface area contributed by atoms with Crippen LogP contribution in [0.5, 0.6) is 0 Å². The van der Waals surface area contributed by atoms with Gasteiger partial charge < -0.3 is 9.73 Å². The highest BCUT2D eigenvalue weighted by molar-refractivity contribution is 6.05. The summed E-state index contributed by atoms with van der Waals surface area (Å²) in [5, 5.41) is 2.44. The lowest BCUT2D eigenvalue weighted by molar-refractivity contribution is -0.158. The molecule has 0 unspecified atom stereocenters. The number of nitrogens with zero attached hydrogens (tertiary/aromatic N) is 2. The minimum absolute atomic E-state index is 0.0297. The third kappa shape index (κ3) is 4.30. The number of hydrogen-bond acceptors (Lipinski definition) is 4. The van der Waals surface area contributed by atoms with Crippen LogP contribution in [0.3, 0.4) is 0 Å². The number of carbonyl (C=O) groups is 2. The van der Waals surface area contributed by atoms with E-state index in [4.69, 9.17) is 4.42 Å². The Hall–Kier alpha value is -2.81. The number of halogens is 3. The third-order valence-electron chi connectivity index (χ3n) is 4.19. The van der Waals surface area contributed by atoms with E-state index in [1.54, 1.807) is 30.1 Å². The third-order valence-corrected chi connectivity index (χ3v) is 4.19. The normalized spacial score (nSPS) is 17.4. The van der Waals surface area contributed by atoms with Crippen molar-refractivity contribution in [2.24, 2.45) is 0 Å². The molecular weight excluding hydrogens is 363 g/mol. The number of furan rings is 1. The zero-order chi connectivity index (χ0) is 19.6. The standard InChI is InChI=1S/C18H18F3N3O3/c1-23(10-12-5-4-8-27-12)11-17(26)24-14-7-3-2-6-13(14)22-16(25)9-15(24)18(19,20)21/h2-8,15H,9-11H2,1H3,(H,22,25)/t15-/m1/s1. The van der Waals surface area contributed by atoms with Gasteiger partial charge in [-0.1, -0.05) is 12.1 Å². The topological polar surface area (TPSA) is 65.8 Å². The Morgan fingerprint density at radius 2 is 2.04 bits per heavy atom. The monoisotopic (exact) mass is 381 g/mol. The summed E-state index contributed by atoms with van der Waals surface area (Å²) < 4.78 is 46.1. The Morgan fingerprint density at radius 1 is 1.30 bits per heavy atom. The molecule has 2 amide bonds. The molecule has 1 aromatic carbocycles. The zero-order valence-corrected chi connectivity index (χ0v) is 14.5. The molecule has 0 fully saturated rings. The molecule has 2 heterocycles. The SMILES string of the molecule is CN(CC(=O)N1c2ccccc2NC(=O)C[C@@H]1C(F)(F)F)Cc1ccco1. The highest BCUT2D eigenvalue weighted by atomic mass is 19.4. The molecule has 0 saturated heterocycles. The first kappa shape index (κ1) is 19.0. The van der Waals surface area contributed by atoms with Crippen molar-refractivity contribution >= 4 is 23.2 Å².